The lowest BCUT2D eigenvalue weighted by Crippen LogP contribution is -2.39. The van der Waals surface area contributed by atoms with Crippen molar-refractivity contribution in [3.05, 3.63) is 90.6 Å². The number of fused-ring (bicyclic) bond motifs is 1. The van der Waals surface area contributed by atoms with E-state index < -0.39 is 18.0 Å². The van der Waals surface area contributed by atoms with Crippen LogP contribution < -0.4 is 24.4 Å². The second-order valence-electron chi connectivity index (χ2n) is 7.48. The zero-order valence-corrected chi connectivity index (χ0v) is 19.8. The normalized spacial score (nSPS) is 15.4. The number of nitrogens with zero attached hydrogens (tertiary/aromatic N) is 2. The van der Waals surface area contributed by atoms with Crippen molar-refractivity contribution in [2.45, 2.75) is 19.9 Å². The number of esters is 2. The lowest BCUT2D eigenvalue weighted by atomic mass is 9.96. The van der Waals surface area contributed by atoms with Gasteiger partial charge in [-0.1, -0.05) is 41.7 Å². The van der Waals surface area contributed by atoms with Crippen molar-refractivity contribution < 1.29 is 23.8 Å². The Bertz CT molecular complexity index is 1480. The maximum Gasteiger partial charge on any atom is 0.338 e. The number of rotatable bonds is 5. The molecule has 1 aliphatic heterocycles. The first kappa shape index (κ1) is 23.2. The van der Waals surface area contributed by atoms with E-state index in [2.05, 4.69) is 4.99 Å². The van der Waals surface area contributed by atoms with Crippen molar-refractivity contribution >= 4 is 29.4 Å². The molecule has 34 heavy (non-hydrogen) atoms. The predicted molar refractivity (Wildman–Crippen MR) is 127 cm³/mol. The second-order valence-corrected chi connectivity index (χ2v) is 8.49. The molecule has 3 aromatic rings. The van der Waals surface area contributed by atoms with Crippen LogP contribution in [-0.4, -0.2) is 30.7 Å². The van der Waals surface area contributed by atoms with Crippen molar-refractivity contribution in [3.8, 4) is 11.5 Å². The fourth-order valence-corrected chi connectivity index (χ4v) is 4.82. The van der Waals surface area contributed by atoms with Crippen molar-refractivity contribution in [3.63, 3.8) is 0 Å². The number of benzene rings is 2. The van der Waals surface area contributed by atoms with E-state index in [0.29, 0.717) is 37.7 Å². The van der Waals surface area contributed by atoms with E-state index >= 15 is 0 Å². The summed E-state index contributed by atoms with van der Waals surface area (Å²) >= 11 is 1.19. The van der Waals surface area contributed by atoms with E-state index in [1.165, 1.54) is 29.9 Å². The number of ether oxygens (including phenoxy) is 3. The molecule has 0 fully saturated rings. The van der Waals surface area contributed by atoms with Gasteiger partial charge >= 0.3 is 11.9 Å². The largest absolute Gasteiger partial charge is 0.497 e. The van der Waals surface area contributed by atoms with Crippen LogP contribution in [0.2, 0.25) is 0 Å². The summed E-state index contributed by atoms with van der Waals surface area (Å²) in [5.41, 5.74) is 1.72. The van der Waals surface area contributed by atoms with Gasteiger partial charge in [-0.25, -0.2) is 9.79 Å². The second kappa shape index (κ2) is 9.48. The van der Waals surface area contributed by atoms with Gasteiger partial charge in [0.05, 0.1) is 36.1 Å². The van der Waals surface area contributed by atoms with Crippen LogP contribution in [-0.2, 0) is 14.3 Å². The van der Waals surface area contributed by atoms with Crippen LogP contribution in [0.15, 0.2) is 69.6 Å². The van der Waals surface area contributed by atoms with E-state index in [-0.39, 0.29) is 11.1 Å². The number of aromatic nitrogens is 1. The number of hydrogen-bond donors (Lipinski definition) is 0. The van der Waals surface area contributed by atoms with Crippen LogP contribution in [0.25, 0.3) is 6.08 Å². The number of allylic oxidation sites excluding steroid dienone is 1. The van der Waals surface area contributed by atoms with Gasteiger partial charge in [0.15, 0.2) is 4.80 Å². The number of carbonyl (C=O) groups excluding carboxylic acids is 2. The highest BCUT2D eigenvalue weighted by Gasteiger charge is 2.33. The highest BCUT2D eigenvalue weighted by Crippen LogP contribution is 2.31. The van der Waals surface area contributed by atoms with E-state index in [9.17, 15) is 14.4 Å². The Hall–Kier alpha value is -3.98. The Morgan fingerprint density at radius 2 is 1.79 bits per heavy atom. The quantitative estimate of drug-likeness (QED) is 0.413. The Kier molecular flexibility index (Phi) is 6.47. The van der Waals surface area contributed by atoms with Crippen molar-refractivity contribution in [2.24, 2.45) is 4.99 Å². The maximum atomic E-state index is 13.6. The van der Waals surface area contributed by atoms with Gasteiger partial charge in [0.2, 0.25) is 0 Å². The van der Waals surface area contributed by atoms with Gasteiger partial charge in [0, 0.05) is 12.5 Å². The molecule has 2 heterocycles. The predicted octanol–water partition coefficient (Wildman–Crippen LogP) is 2.34. The molecular formula is C25H22N2O6S. The lowest BCUT2D eigenvalue weighted by molar-refractivity contribution is -0.136. The molecule has 0 unspecified atom stereocenters. The van der Waals surface area contributed by atoms with Gasteiger partial charge in [0.25, 0.3) is 5.56 Å². The van der Waals surface area contributed by atoms with Crippen molar-refractivity contribution in [1.82, 2.24) is 4.57 Å². The number of thiazole rings is 1. The average molecular weight is 479 g/mol. The first-order valence-electron chi connectivity index (χ1n) is 10.4. The van der Waals surface area contributed by atoms with Crippen LogP contribution in [0.5, 0.6) is 11.5 Å². The smallest absolute Gasteiger partial charge is 0.338 e. The summed E-state index contributed by atoms with van der Waals surface area (Å²) in [6.45, 7) is 3.03. The topological polar surface area (TPSA) is 96.2 Å². The summed E-state index contributed by atoms with van der Waals surface area (Å²) in [6.07, 6.45) is 1.66. The summed E-state index contributed by atoms with van der Waals surface area (Å²) in [5.74, 6) is -0.0192. The maximum absolute atomic E-state index is 13.6. The monoisotopic (exact) mass is 478 g/mol. The van der Waals surface area contributed by atoms with Gasteiger partial charge in [-0.2, -0.15) is 0 Å². The third-order valence-corrected chi connectivity index (χ3v) is 6.30. The van der Waals surface area contributed by atoms with Crippen LogP contribution in [0.4, 0.5) is 0 Å². The molecule has 0 saturated carbocycles. The van der Waals surface area contributed by atoms with Gasteiger partial charge in [-0.15, -0.1) is 0 Å². The fraction of sp³-hybridized carbons (Fsp3) is 0.200. The van der Waals surface area contributed by atoms with Gasteiger partial charge in [-0.05, 0) is 36.8 Å². The molecule has 0 aliphatic carbocycles. The Labute approximate surface area is 199 Å². The molecule has 1 atom stereocenters. The molecule has 4 rings (SSSR count). The minimum Gasteiger partial charge on any atom is -0.497 e. The summed E-state index contributed by atoms with van der Waals surface area (Å²) in [7, 11) is 2.86. The minimum atomic E-state index is -0.722. The van der Waals surface area contributed by atoms with E-state index in [1.54, 1.807) is 68.6 Å². The Morgan fingerprint density at radius 3 is 2.44 bits per heavy atom. The number of methoxy groups -OCH3 is 2. The lowest BCUT2D eigenvalue weighted by Gasteiger charge is -2.24. The first-order valence-corrected chi connectivity index (χ1v) is 11.2. The molecule has 0 radical (unpaired) electrons. The molecular weight excluding hydrogens is 456 g/mol. The molecule has 174 valence electrons. The van der Waals surface area contributed by atoms with Gasteiger partial charge < -0.3 is 14.2 Å². The summed E-state index contributed by atoms with van der Waals surface area (Å²) < 4.78 is 17.4. The molecule has 0 amide bonds. The van der Waals surface area contributed by atoms with Crippen molar-refractivity contribution in [1.29, 1.82) is 0 Å². The average Bonchev–Trinajstić information content (AvgIpc) is 3.13. The van der Waals surface area contributed by atoms with Gasteiger partial charge in [0.1, 0.15) is 11.5 Å². The summed E-state index contributed by atoms with van der Waals surface area (Å²) in [6, 6.07) is 13.4. The molecule has 1 aliphatic rings. The van der Waals surface area contributed by atoms with E-state index in [4.69, 9.17) is 14.2 Å². The minimum absolute atomic E-state index is 0.284. The van der Waals surface area contributed by atoms with Gasteiger partial charge in [-0.3, -0.25) is 14.2 Å². The number of para-hydroxylation sites is 1. The molecule has 8 nitrogen and oxygen atoms in total. The van der Waals surface area contributed by atoms with Crippen LogP contribution in [0.3, 0.4) is 0 Å². The fourth-order valence-electron chi connectivity index (χ4n) is 3.78. The standard InChI is InChI=1S/C25H22N2O6S/c1-14-21(24(30)32-4)22(16-9-11-18(31-3)12-10-16)27-23(29)20(34-25(27)26-14)13-17-7-5-6-8-19(17)33-15(2)28/h5-13,22H,1-4H3/t22-/m0/s1. The Balaban J connectivity index is 1.94. The van der Waals surface area contributed by atoms with E-state index in [1.807, 2.05) is 0 Å². The summed E-state index contributed by atoms with van der Waals surface area (Å²) in [4.78, 5) is 42.8. The van der Waals surface area contributed by atoms with Crippen molar-refractivity contribution in [2.75, 3.05) is 14.2 Å². The molecule has 9 heteroatoms. The van der Waals surface area contributed by atoms with Crippen LogP contribution in [0, 0.1) is 0 Å². The molecule has 2 aromatic carbocycles. The third-order valence-electron chi connectivity index (χ3n) is 5.32. The Morgan fingerprint density at radius 1 is 1.09 bits per heavy atom. The van der Waals surface area contributed by atoms with Crippen LogP contribution >= 0.6 is 11.3 Å². The molecule has 0 saturated heterocycles. The van der Waals surface area contributed by atoms with Crippen LogP contribution in [0.1, 0.15) is 31.0 Å². The molecule has 0 spiro atoms. The highest BCUT2D eigenvalue weighted by molar-refractivity contribution is 7.07. The highest BCUT2D eigenvalue weighted by atomic mass is 32.1. The number of hydrogen-bond acceptors (Lipinski definition) is 8. The zero-order valence-electron chi connectivity index (χ0n) is 19.0. The van der Waals surface area contributed by atoms with E-state index in [0.717, 1.165) is 0 Å². The molecule has 0 bridgehead atoms. The first-order chi connectivity index (χ1) is 16.3. The third kappa shape index (κ3) is 4.29. The number of carbonyl (C=O) groups is 2. The molecule has 0 N–H and O–H groups in total. The SMILES string of the molecule is COC(=O)C1=C(C)N=c2sc(=Cc3ccccc3OC(C)=O)c(=O)n2[C@H]1c1ccc(OC)cc1. The zero-order chi connectivity index (χ0) is 24.4. The summed E-state index contributed by atoms with van der Waals surface area (Å²) in [5, 5.41) is 0. The molecule has 1 aromatic heterocycles.